The molecule has 3 aromatic heterocycles. The molecule has 0 unspecified atom stereocenters. The average molecular weight is 459 g/mol. The fraction of sp³-hybridized carbons (Fsp3) is 0.333. The van der Waals surface area contributed by atoms with E-state index >= 15 is 0 Å². The molecule has 172 valence electrons. The predicted molar refractivity (Wildman–Crippen MR) is 118 cm³/mol. The van der Waals surface area contributed by atoms with Crippen LogP contribution in [0.4, 0.5) is 5.95 Å². The molecule has 1 aromatic carbocycles. The number of hydrogen-bond acceptors (Lipinski definition) is 11. The Balaban J connectivity index is 1.44. The fourth-order valence-electron chi connectivity index (χ4n) is 3.75. The van der Waals surface area contributed by atoms with Crippen molar-refractivity contribution < 1.29 is 9.47 Å². The Morgan fingerprint density at radius 1 is 1.03 bits per heavy atom. The van der Waals surface area contributed by atoms with Gasteiger partial charge in [-0.1, -0.05) is 6.07 Å². The number of nitriles is 1. The van der Waals surface area contributed by atoms with Crippen molar-refractivity contribution in [2.24, 2.45) is 0 Å². The second-order valence-corrected chi connectivity index (χ2v) is 7.54. The normalized spacial score (nSPS) is 13.1. The van der Waals surface area contributed by atoms with Gasteiger partial charge >= 0.3 is 6.01 Å². The third-order valence-electron chi connectivity index (χ3n) is 5.37. The number of anilines is 1. The lowest BCUT2D eigenvalue weighted by Crippen LogP contribution is -2.26. The quantitative estimate of drug-likeness (QED) is 0.412. The SMILES string of the molecule is COc1cc(-c2nnc3n2CCCCN3Cc2nnn(-c3cccc(C#N)c3)n2)nc(OC)n1. The topological polar surface area (TPSA) is 146 Å². The van der Waals surface area contributed by atoms with E-state index in [-0.39, 0.29) is 6.01 Å². The molecular weight excluding hydrogens is 438 g/mol. The molecule has 13 heteroatoms. The Bertz CT molecular complexity index is 1330. The Morgan fingerprint density at radius 3 is 2.74 bits per heavy atom. The van der Waals surface area contributed by atoms with E-state index in [2.05, 4.69) is 46.5 Å². The van der Waals surface area contributed by atoms with Crippen LogP contribution in [0.5, 0.6) is 11.9 Å². The summed E-state index contributed by atoms with van der Waals surface area (Å²) in [6.45, 7) is 1.92. The van der Waals surface area contributed by atoms with E-state index in [4.69, 9.17) is 14.7 Å². The Labute approximate surface area is 194 Å². The van der Waals surface area contributed by atoms with Gasteiger partial charge in [0.05, 0.1) is 38.1 Å². The largest absolute Gasteiger partial charge is 0.481 e. The van der Waals surface area contributed by atoms with Gasteiger partial charge in [0.1, 0.15) is 5.69 Å². The Kier molecular flexibility index (Phi) is 5.69. The van der Waals surface area contributed by atoms with Crippen LogP contribution >= 0.6 is 0 Å². The van der Waals surface area contributed by atoms with Gasteiger partial charge in [-0.3, -0.25) is 4.57 Å². The molecular formula is C21H21N11O2. The maximum Gasteiger partial charge on any atom is 0.320 e. The third-order valence-corrected chi connectivity index (χ3v) is 5.37. The number of tetrazole rings is 1. The molecule has 0 radical (unpaired) electrons. The number of rotatable bonds is 6. The summed E-state index contributed by atoms with van der Waals surface area (Å²) in [5.74, 6) is 2.22. The first-order valence-electron chi connectivity index (χ1n) is 10.6. The predicted octanol–water partition coefficient (Wildman–Crippen LogP) is 1.40. The van der Waals surface area contributed by atoms with Crippen LogP contribution in [0.15, 0.2) is 30.3 Å². The minimum absolute atomic E-state index is 0.193. The lowest BCUT2D eigenvalue weighted by Gasteiger charge is -2.19. The van der Waals surface area contributed by atoms with Crippen LogP contribution in [-0.4, -0.2) is 65.7 Å². The number of ether oxygens (including phenoxy) is 2. The van der Waals surface area contributed by atoms with Crippen molar-refractivity contribution >= 4 is 5.95 Å². The van der Waals surface area contributed by atoms with Gasteiger partial charge in [-0.2, -0.15) is 15.2 Å². The highest BCUT2D eigenvalue weighted by atomic mass is 16.5. The zero-order valence-electron chi connectivity index (χ0n) is 18.7. The molecule has 0 saturated carbocycles. The molecule has 0 fully saturated rings. The minimum atomic E-state index is 0.193. The van der Waals surface area contributed by atoms with E-state index < -0.39 is 0 Å². The van der Waals surface area contributed by atoms with Crippen molar-refractivity contribution in [3.8, 4) is 35.2 Å². The van der Waals surface area contributed by atoms with Gasteiger partial charge in [-0.25, -0.2) is 0 Å². The summed E-state index contributed by atoms with van der Waals surface area (Å²) in [6, 6.07) is 11.1. The molecule has 1 aliphatic heterocycles. The molecule has 5 rings (SSSR count). The molecule has 0 spiro atoms. The van der Waals surface area contributed by atoms with E-state index in [1.165, 1.54) is 19.0 Å². The molecule has 4 heterocycles. The van der Waals surface area contributed by atoms with Gasteiger partial charge in [0, 0.05) is 19.2 Å². The summed E-state index contributed by atoms with van der Waals surface area (Å²) in [4.78, 5) is 12.1. The summed E-state index contributed by atoms with van der Waals surface area (Å²) in [5.41, 5.74) is 1.76. The molecule has 0 amide bonds. The summed E-state index contributed by atoms with van der Waals surface area (Å²) in [6.07, 6.45) is 1.92. The molecule has 4 aromatic rings. The summed E-state index contributed by atoms with van der Waals surface area (Å²) >= 11 is 0. The van der Waals surface area contributed by atoms with E-state index in [0.717, 1.165) is 25.9 Å². The van der Waals surface area contributed by atoms with Crippen LogP contribution in [0.2, 0.25) is 0 Å². The maximum absolute atomic E-state index is 9.13. The van der Waals surface area contributed by atoms with Crippen molar-refractivity contribution in [2.45, 2.75) is 25.9 Å². The monoisotopic (exact) mass is 459 g/mol. The molecule has 0 bridgehead atoms. The third kappa shape index (κ3) is 4.08. The second-order valence-electron chi connectivity index (χ2n) is 7.54. The number of fused-ring (bicyclic) bond motifs is 1. The van der Waals surface area contributed by atoms with E-state index in [9.17, 15) is 0 Å². The molecule has 0 saturated heterocycles. The number of methoxy groups -OCH3 is 2. The van der Waals surface area contributed by atoms with E-state index in [1.54, 1.807) is 24.3 Å². The van der Waals surface area contributed by atoms with Crippen LogP contribution in [0.1, 0.15) is 24.2 Å². The zero-order chi connectivity index (χ0) is 23.5. The average Bonchev–Trinajstić information content (AvgIpc) is 3.48. The first kappa shape index (κ1) is 21.3. The first-order valence-corrected chi connectivity index (χ1v) is 10.6. The van der Waals surface area contributed by atoms with Crippen LogP contribution in [-0.2, 0) is 13.1 Å². The van der Waals surface area contributed by atoms with E-state index in [0.29, 0.717) is 47.0 Å². The van der Waals surface area contributed by atoms with Gasteiger partial charge in [0.15, 0.2) is 11.6 Å². The highest BCUT2D eigenvalue weighted by Gasteiger charge is 2.24. The Hall–Kier alpha value is -4.60. The highest BCUT2D eigenvalue weighted by Crippen LogP contribution is 2.28. The maximum atomic E-state index is 9.13. The smallest absolute Gasteiger partial charge is 0.320 e. The molecule has 0 atom stereocenters. The lowest BCUT2D eigenvalue weighted by atomic mass is 10.2. The number of benzene rings is 1. The van der Waals surface area contributed by atoms with Crippen molar-refractivity contribution in [3.63, 3.8) is 0 Å². The summed E-state index contributed by atoms with van der Waals surface area (Å²) in [7, 11) is 3.04. The summed E-state index contributed by atoms with van der Waals surface area (Å²) in [5, 5.41) is 30.8. The molecule has 1 aliphatic rings. The zero-order valence-corrected chi connectivity index (χ0v) is 18.7. The van der Waals surface area contributed by atoms with Gasteiger partial charge in [-0.05, 0) is 36.3 Å². The van der Waals surface area contributed by atoms with Crippen LogP contribution in [0, 0.1) is 11.3 Å². The van der Waals surface area contributed by atoms with Crippen molar-refractivity contribution in [1.29, 1.82) is 5.26 Å². The van der Waals surface area contributed by atoms with Crippen LogP contribution in [0.3, 0.4) is 0 Å². The summed E-state index contributed by atoms with van der Waals surface area (Å²) < 4.78 is 12.5. The molecule has 34 heavy (non-hydrogen) atoms. The molecule has 0 N–H and O–H groups in total. The van der Waals surface area contributed by atoms with Gasteiger partial charge in [0.2, 0.25) is 11.8 Å². The van der Waals surface area contributed by atoms with E-state index in [1.807, 2.05) is 10.6 Å². The van der Waals surface area contributed by atoms with Crippen LogP contribution < -0.4 is 14.4 Å². The first-order chi connectivity index (χ1) is 16.7. The standard InChI is InChI=1S/C21H21N11O2/c1-33-18-11-16(23-20(24-18)34-2)19-26-27-21-30(8-3-4-9-31(19)21)13-17-25-29-32(28-17)15-7-5-6-14(10-15)12-22/h5-7,10-11H,3-4,8-9,13H2,1-2H3. The minimum Gasteiger partial charge on any atom is -0.481 e. The van der Waals surface area contributed by atoms with Gasteiger partial charge < -0.3 is 14.4 Å². The lowest BCUT2D eigenvalue weighted by molar-refractivity contribution is 0.352. The van der Waals surface area contributed by atoms with Crippen LogP contribution in [0.25, 0.3) is 17.2 Å². The second kappa shape index (κ2) is 9.10. The Morgan fingerprint density at radius 2 is 1.91 bits per heavy atom. The van der Waals surface area contributed by atoms with Crippen molar-refractivity contribution in [2.75, 3.05) is 25.7 Å². The van der Waals surface area contributed by atoms with Crippen molar-refractivity contribution in [1.82, 2.24) is 44.9 Å². The molecule has 13 nitrogen and oxygen atoms in total. The highest BCUT2D eigenvalue weighted by molar-refractivity contribution is 5.55. The number of hydrogen-bond donors (Lipinski definition) is 0. The van der Waals surface area contributed by atoms with Crippen molar-refractivity contribution in [3.05, 3.63) is 41.7 Å². The number of aromatic nitrogens is 9. The number of nitrogens with zero attached hydrogens (tertiary/aromatic N) is 11. The molecule has 0 aliphatic carbocycles. The van der Waals surface area contributed by atoms with Gasteiger partial charge in [-0.15, -0.1) is 25.2 Å². The fourth-order valence-corrected chi connectivity index (χ4v) is 3.75. The van der Waals surface area contributed by atoms with Gasteiger partial charge in [0.25, 0.3) is 0 Å².